The summed E-state index contributed by atoms with van der Waals surface area (Å²) in [6, 6.07) is 16.6. The van der Waals surface area contributed by atoms with Gasteiger partial charge in [0.2, 0.25) is 5.78 Å². The molecule has 5 nitrogen and oxygen atoms in total. The summed E-state index contributed by atoms with van der Waals surface area (Å²) in [5.41, 5.74) is 2.88. The van der Waals surface area contributed by atoms with Crippen LogP contribution >= 0.6 is 0 Å². The lowest BCUT2D eigenvalue weighted by atomic mass is 9.90. The predicted molar refractivity (Wildman–Crippen MR) is 109 cm³/mol. The second-order valence-corrected chi connectivity index (χ2v) is 7.23. The van der Waals surface area contributed by atoms with E-state index in [1.165, 1.54) is 0 Å². The van der Waals surface area contributed by atoms with Crippen LogP contribution in [-0.2, 0) is 0 Å². The van der Waals surface area contributed by atoms with E-state index in [1.807, 2.05) is 31.2 Å². The molecule has 1 saturated heterocycles. The van der Waals surface area contributed by atoms with Gasteiger partial charge in [-0.2, -0.15) is 0 Å². The maximum absolute atomic E-state index is 12.9. The van der Waals surface area contributed by atoms with Crippen molar-refractivity contribution in [2.24, 2.45) is 0 Å². The summed E-state index contributed by atoms with van der Waals surface area (Å²) in [7, 11) is 0. The quantitative estimate of drug-likeness (QED) is 0.697. The third kappa shape index (κ3) is 3.74. The van der Waals surface area contributed by atoms with E-state index in [0.717, 1.165) is 37.3 Å². The first-order valence-electron chi connectivity index (χ1n) is 9.59. The SMILES string of the molecule is Cc1ncccc1C(=O)c1cccc(N2CCCC(c3cccc(O)c3)C2)n1. The van der Waals surface area contributed by atoms with Gasteiger partial charge in [-0.05, 0) is 61.7 Å². The summed E-state index contributed by atoms with van der Waals surface area (Å²) in [4.78, 5) is 24.0. The molecule has 1 N–H and O–H groups in total. The van der Waals surface area contributed by atoms with E-state index in [2.05, 4.69) is 20.9 Å². The number of hydrogen-bond acceptors (Lipinski definition) is 5. The number of phenolic OH excluding ortho intramolecular Hbond substituents is 1. The summed E-state index contributed by atoms with van der Waals surface area (Å²) >= 11 is 0. The fourth-order valence-corrected chi connectivity index (χ4v) is 3.82. The molecule has 0 amide bonds. The van der Waals surface area contributed by atoms with E-state index in [4.69, 9.17) is 0 Å². The first kappa shape index (κ1) is 18.2. The molecule has 0 bridgehead atoms. The molecule has 142 valence electrons. The normalized spacial score (nSPS) is 16.8. The molecular weight excluding hydrogens is 350 g/mol. The monoisotopic (exact) mass is 373 g/mol. The number of nitrogens with zero attached hydrogens (tertiary/aromatic N) is 3. The minimum atomic E-state index is -0.103. The highest BCUT2D eigenvalue weighted by molar-refractivity contribution is 6.08. The van der Waals surface area contributed by atoms with Gasteiger partial charge >= 0.3 is 0 Å². The zero-order valence-electron chi connectivity index (χ0n) is 15.9. The number of carbonyl (C=O) groups is 1. The van der Waals surface area contributed by atoms with Crippen LogP contribution < -0.4 is 4.90 Å². The van der Waals surface area contributed by atoms with Crippen LogP contribution in [0.4, 0.5) is 5.82 Å². The van der Waals surface area contributed by atoms with Crippen molar-refractivity contribution in [2.45, 2.75) is 25.7 Å². The fraction of sp³-hybridized carbons (Fsp3) is 0.261. The zero-order valence-corrected chi connectivity index (χ0v) is 15.9. The van der Waals surface area contributed by atoms with Gasteiger partial charge in [0.05, 0.1) is 0 Å². The number of aromatic nitrogens is 2. The molecule has 0 radical (unpaired) electrons. The molecular formula is C23H23N3O2. The highest BCUT2D eigenvalue weighted by Crippen LogP contribution is 2.31. The summed E-state index contributed by atoms with van der Waals surface area (Å²) in [5.74, 6) is 1.35. The summed E-state index contributed by atoms with van der Waals surface area (Å²) < 4.78 is 0. The minimum Gasteiger partial charge on any atom is -0.508 e. The van der Waals surface area contributed by atoms with Crippen molar-refractivity contribution in [3.8, 4) is 5.75 Å². The highest BCUT2D eigenvalue weighted by atomic mass is 16.3. The van der Waals surface area contributed by atoms with E-state index in [0.29, 0.717) is 28.6 Å². The highest BCUT2D eigenvalue weighted by Gasteiger charge is 2.23. The average Bonchev–Trinajstić information content (AvgIpc) is 2.74. The van der Waals surface area contributed by atoms with Crippen molar-refractivity contribution in [2.75, 3.05) is 18.0 Å². The molecule has 0 aliphatic carbocycles. The topological polar surface area (TPSA) is 66.3 Å². The maximum Gasteiger partial charge on any atom is 0.213 e. The Morgan fingerprint density at radius 3 is 2.82 bits per heavy atom. The van der Waals surface area contributed by atoms with Gasteiger partial charge in [0.25, 0.3) is 0 Å². The molecule has 1 aliphatic heterocycles. The number of carbonyl (C=O) groups excluding carboxylic acids is 1. The molecule has 1 atom stereocenters. The number of piperidine rings is 1. The van der Waals surface area contributed by atoms with E-state index >= 15 is 0 Å². The first-order chi connectivity index (χ1) is 13.6. The van der Waals surface area contributed by atoms with Gasteiger partial charge in [-0.1, -0.05) is 18.2 Å². The smallest absolute Gasteiger partial charge is 0.213 e. The Labute approximate surface area is 164 Å². The second-order valence-electron chi connectivity index (χ2n) is 7.23. The molecule has 0 spiro atoms. The zero-order chi connectivity index (χ0) is 19.5. The van der Waals surface area contributed by atoms with E-state index < -0.39 is 0 Å². The number of benzene rings is 1. The van der Waals surface area contributed by atoms with Gasteiger partial charge in [-0.25, -0.2) is 4.98 Å². The molecule has 3 aromatic rings. The summed E-state index contributed by atoms with van der Waals surface area (Å²) in [6.45, 7) is 3.56. The molecule has 1 aromatic carbocycles. The number of aryl methyl sites for hydroxylation is 1. The van der Waals surface area contributed by atoms with Crippen LogP contribution in [0, 0.1) is 6.92 Å². The molecule has 5 heteroatoms. The first-order valence-corrected chi connectivity index (χ1v) is 9.59. The second kappa shape index (κ2) is 7.80. The van der Waals surface area contributed by atoms with E-state index in [1.54, 1.807) is 30.5 Å². The fourth-order valence-electron chi connectivity index (χ4n) is 3.82. The van der Waals surface area contributed by atoms with Gasteiger partial charge in [0.1, 0.15) is 17.3 Å². The van der Waals surface area contributed by atoms with E-state index in [9.17, 15) is 9.90 Å². The summed E-state index contributed by atoms with van der Waals surface area (Å²) in [6.07, 6.45) is 3.81. The Morgan fingerprint density at radius 1 is 1.14 bits per heavy atom. The lowest BCUT2D eigenvalue weighted by Gasteiger charge is -2.34. The molecule has 0 saturated carbocycles. The number of ketones is 1. The third-order valence-electron chi connectivity index (χ3n) is 5.31. The Hall–Kier alpha value is -3.21. The van der Waals surface area contributed by atoms with Gasteiger partial charge < -0.3 is 10.0 Å². The third-order valence-corrected chi connectivity index (χ3v) is 5.31. The van der Waals surface area contributed by atoms with Gasteiger partial charge in [-0.3, -0.25) is 9.78 Å². The number of anilines is 1. The maximum atomic E-state index is 12.9. The standard InChI is InChI=1S/C23H23N3O2/c1-16-20(9-4-12-24-16)23(28)21-10-3-11-22(25-21)26-13-5-7-18(15-26)17-6-2-8-19(27)14-17/h2-4,6,8-12,14,18,27H,5,7,13,15H2,1H3. The van der Waals surface area contributed by atoms with Crippen LogP contribution in [-0.4, -0.2) is 33.9 Å². The lowest BCUT2D eigenvalue weighted by molar-refractivity contribution is 0.103. The van der Waals surface area contributed by atoms with Crippen LogP contribution in [0.3, 0.4) is 0 Å². The van der Waals surface area contributed by atoms with Crippen LogP contribution in [0.15, 0.2) is 60.8 Å². The van der Waals surface area contributed by atoms with Crippen molar-refractivity contribution in [1.29, 1.82) is 0 Å². The Morgan fingerprint density at radius 2 is 2.00 bits per heavy atom. The molecule has 28 heavy (non-hydrogen) atoms. The largest absolute Gasteiger partial charge is 0.508 e. The van der Waals surface area contributed by atoms with Crippen molar-refractivity contribution in [1.82, 2.24) is 9.97 Å². The number of pyridine rings is 2. The van der Waals surface area contributed by atoms with Crippen molar-refractivity contribution in [3.05, 3.63) is 83.3 Å². The van der Waals surface area contributed by atoms with Gasteiger partial charge in [-0.15, -0.1) is 0 Å². The van der Waals surface area contributed by atoms with E-state index in [-0.39, 0.29) is 5.78 Å². The van der Waals surface area contributed by atoms with Crippen LogP contribution in [0.5, 0.6) is 5.75 Å². The Bertz CT molecular complexity index is 1000. The number of rotatable bonds is 4. The number of phenols is 1. The molecule has 1 fully saturated rings. The van der Waals surface area contributed by atoms with Crippen LogP contribution in [0.2, 0.25) is 0 Å². The van der Waals surface area contributed by atoms with Gasteiger partial charge in [0, 0.05) is 36.5 Å². The van der Waals surface area contributed by atoms with Crippen molar-refractivity contribution < 1.29 is 9.90 Å². The van der Waals surface area contributed by atoms with Crippen molar-refractivity contribution in [3.63, 3.8) is 0 Å². The molecule has 3 heterocycles. The molecule has 2 aromatic heterocycles. The van der Waals surface area contributed by atoms with Crippen LogP contribution in [0.1, 0.15) is 46.1 Å². The lowest BCUT2D eigenvalue weighted by Crippen LogP contribution is -2.35. The molecule has 1 unspecified atom stereocenters. The summed E-state index contributed by atoms with van der Waals surface area (Å²) in [5, 5.41) is 9.79. The predicted octanol–water partition coefficient (Wildman–Crippen LogP) is 4.11. The molecule has 4 rings (SSSR count). The molecule has 1 aliphatic rings. The van der Waals surface area contributed by atoms with Crippen molar-refractivity contribution >= 4 is 11.6 Å². The Balaban J connectivity index is 1.57. The number of aromatic hydroxyl groups is 1. The van der Waals surface area contributed by atoms with Crippen LogP contribution in [0.25, 0.3) is 0 Å². The van der Waals surface area contributed by atoms with Gasteiger partial charge in [0.15, 0.2) is 0 Å². The minimum absolute atomic E-state index is 0.103. The number of hydrogen-bond donors (Lipinski definition) is 1. The Kier molecular flexibility index (Phi) is 5.06. The average molecular weight is 373 g/mol.